The van der Waals surface area contributed by atoms with Gasteiger partial charge in [-0.05, 0) is 25.0 Å². The lowest BCUT2D eigenvalue weighted by molar-refractivity contribution is -0.123. The molecule has 4 nitrogen and oxygen atoms in total. The zero-order valence-electron chi connectivity index (χ0n) is 11.4. The average molecular weight is 259 g/mol. The summed E-state index contributed by atoms with van der Waals surface area (Å²) in [4.78, 5) is 37.2. The summed E-state index contributed by atoms with van der Waals surface area (Å²) in [6, 6.07) is 5.22. The SMILES string of the molecule is CCC(C)C(=O)CN1C(=O)C(=O)c2cccc(C)c21. The summed E-state index contributed by atoms with van der Waals surface area (Å²) in [5, 5.41) is 0. The quantitative estimate of drug-likeness (QED) is 0.778. The molecule has 0 saturated heterocycles. The zero-order valence-corrected chi connectivity index (χ0v) is 11.4. The Bertz CT molecular complexity index is 563. The molecule has 1 unspecified atom stereocenters. The predicted molar refractivity (Wildman–Crippen MR) is 72.3 cm³/mol. The van der Waals surface area contributed by atoms with Gasteiger partial charge in [-0.25, -0.2) is 0 Å². The van der Waals surface area contributed by atoms with Crippen molar-refractivity contribution < 1.29 is 14.4 Å². The van der Waals surface area contributed by atoms with E-state index in [1.807, 2.05) is 26.8 Å². The van der Waals surface area contributed by atoms with Gasteiger partial charge in [-0.3, -0.25) is 19.3 Å². The molecule has 0 radical (unpaired) electrons. The van der Waals surface area contributed by atoms with Crippen LogP contribution in [-0.4, -0.2) is 24.0 Å². The van der Waals surface area contributed by atoms with E-state index in [1.54, 1.807) is 12.1 Å². The molecule has 1 atom stereocenters. The van der Waals surface area contributed by atoms with Gasteiger partial charge in [0.1, 0.15) is 0 Å². The number of hydrogen-bond donors (Lipinski definition) is 0. The number of rotatable bonds is 4. The number of para-hydroxylation sites is 1. The monoisotopic (exact) mass is 259 g/mol. The summed E-state index contributed by atoms with van der Waals surface area (Å²) in [6.07, 6.45) is 0.732. The van der Waals surface area contributed by atoms with Crippen molar-refractivity contribution in [2.24, 2.45) is 5.92 Å². The summed E-state index contributed by atoms with van der Waals surface area (Å²) >= 11 is 0. The van der Waals surface area contributed by atoms with Crippen LogP contribution in [0.1, 0.15) is 36.2 Å². The molecule has 19 heavy (non-hydrogen) atoms. The van der Waals surface area contributed by atoms with E-state index in [2.05, 4.69) is 0 Å². The van der Waals surface area contributed by atoms with Crippen LogP contribution in [0.4, 0.5) is 5.69 Å². The van der Waals surface area contributed by atoms with Crippen LogP contribution >= 0.6 is 0 Å². The molecule has 1 aliphatic heterocycles. The van der Waals surface area contributed by atoms with Gasteiger partial charge in [0, 0.05) is 5.92 Å². The first kappa shape index (κ1) is 13.5. The third-order valence-corrected chi connectivity index (χ3v) is 3.67. The van der Waals surface area contributed by atoms with Crippen LogP contribution in [-0.2, 0) is 9.59 Å². The van der Waals surface area contributed by atoms with Gasteiger partial charge in [-0.1, -0.05) is 26.0 Å². The van der Waals surface area contributed by atoms with Crippen molar-refractivity contribution in [3.63, 3.8) is 0 Å². The number of carbonyl (C=O) groups excluding carboxylic acids is 3. The third-order valence-electron chi connectivity index (χ3n) is 3.67. The molecule has 1 aliphatic rings. The van der Waals surface area contributed by atoms with Gasteiger partial charge >= 0.3 is 0 Å². The Morgan fingerprint density at radius 2 is 2.00 bits per heavy atom. The summed E-state index contributed by atoms with van der Waals surface area (Å²) in [5.41, 5.74) is 1.84. The van der Waals surface area contributed by atoms with Crippen molar-refractivity contribution in [2.75, 3.05) is 11.4 Å². The molecule has 0 fully saturated rings. The summed E-state index contributed by atoms with van der Waals surface area (Å²) in [6.45, 7) is 5.59. The Kier molecular flexibility index (Phi) is 3.51. The number of amides is 1. The molecule has 100 valence electrons. The van der Waals surface area contributed by atoms with Crippen molar-refractivity contribution in [1.29, 1.82) is 0 Å². The normalized spacial score (nSPS) is 15.6. The average Bonchev–Trinajstić information content (AvgIpc) is 2.64. The van der Waals surface area contributed by atoms with Gasteiger partial charge < -0.3 is 0 Å². The lowest BCUT2D eigenvalue weighted by atomic mass is 10.0. The number of benzene rings is 1. The molecule has 1 amide bonds. The number of carbonyl (C=O) groups is 3. The fourth-order valence-electron chi connectivity index (χ4n) is 2.23. The lowest BCUT2D eigenvalue weighted by Crippen LogP contribution is -2.36. The van der Waals surface area contributed by atoms with Gasteiger partial charge in [0.2, 0.25) is 0 Å². The maximum absolute atomic E-state index is 12.0. The molecular formula is C15H17NO3. The summed E-state index contributed by atoms with van der Waals surface area (Å²) in [5.74, 6) is -1.23. The Morgan fingerprint density at radius 1 is 1.32 bits per heavy atom. The molecular weight excluding hydrogens is 242 g/mol. The number of ketones is 2. The van der Waals surface area contributed by atoms with Crippen LogP contribution in [0, 0.1) is 12.8 Å². The van der Waals surface area contributed by atoms with Gasteiger partial charge in [-0.2, -0.15) is 0 Å². The highest BCUT2D eigenvalue weighted by molar-refractivity contribution is 6.52. The number of fused-ring (bicyclic) bond motifs is 1. The van der Waals surface area contributed by atoms with Crippen molar-refractivity contribution in [3.8, 4) is 0 Å². The van der Waals surface area contributed by atoms with Crippen LogP contribution in [0.3, 0.4) is 0 Å². The predicted octanol–water partition coefficient (Wildman–Crippen LogP) is 2.14. The van der Waals surface area contributed by atoms with Crippen LogP contribution in [0.15, 0.2) is 18.2 Å². The zero-order chi connectivity index (χ0) is 14.2. The fourth-order valence-corrected chi connectivity index (χ4v) is 2.23. The van der Waals surface area contributed by atoms with Gasteiger partial charge in [0.25, 0.3) is 11.7 Å². The smallest absolute Gasteiger partial charge is 0.297 e. The molecule has 0 N–H and O–H groups in total. The maximum atomic E-state index is 12.0. The minimum atomic E-state index is -0.596. The number of Topliss-reactive ketones (excluding diaryl/α,β-unsaturated/α-hetero) is 2. The van der Waals surface area contributed by atoms with Crippen molar-refractivity contribution in [2.45, 2.75) is 27.2 Å². The maximum Gasteiger partial charge on any atom is 0.299 e. The molecule has 0 saturated carbocycles. The van der Waals surface area contributed by atoms with Crippen molar-refractivity contribution in [3.05, 3.63) is 29.3 Å². The second-order valence-corrected chi connectivity index (χ2v) is 4.97. The van der Waals surface area contributed by atoms with Crippen molar-refractivity contribution >= 4 is 23.2 Å². The first-order valence-electron chi connectivity index (χ1n) is 6.45. The minimum absolute atomic E-state index is 0.0141. The largest absolute Gasteiger partial charge is 0.299 e. The molecule has 1 aromatic rings. The van der Waals surface area contributed by atoms with E-state index in [-0.39, 0.29) is 18.2 Å². The summed E-state index contributed by atoms with van der Waals surface area (Å²) < 4.78 is 0. The lowest BCUT2D eigenvalue weighted by Gasteiger charge is -2.19. The molecule has 1 heterocycles. The van der Waals surface area contributed by atoms with Gasteiger partial charge in [0.05, 0.1) is 17.8 Å². The second-order valence-electron chi connectivity index (χ2n) is 4.97. The molecule has 2 rings (SSSR count). The number of anilines is 1. The fraction of sp³-hybridized carbons (Fsp3) is 0.400. The van der Waals surface area contributed by atoms with Gasteiger partial charge in [-0.15, -0.1) is 0 Å². The Balaban J connectivity index is 2.36. The first-order valence-corrected chi connectivity index (χ1v) is 6.45. The molecule has 0 spiro atoms. The topological polar surface area (TPSA) is 54.5 Å². The van der Waals surface area contributed by atoms with E-state index in [9.17, 15) is 14.4 Å². The second kappa shape index (κ2) is 4.96. The van der Waals surface area contributed by atoms with Crippen LogP contribution in [0.25, 0.3) is 0 Å². The number of nitrogens with zero attached hydrogens (tertiary/aromatic N) is 1. The molecule has 4 heteroatoms. The molecule has 0 aliphatic carbocycles. The highest BCUT2D eigenvalue weighted by Crippen LogP contribution is 2.32. The first-order chi connectivity index (χ1) is 8.97. The van der Waals surface area contributed by atoms with Crippen molar-refractivity contribution in [1.82, 2.24) is 0 Å². The number of hydrogen-bond acceptors (Lipinski definition) is 3. The van der Waals surface area contributed by atoms with Crippen LogP contribution in [0.5, 0.6) is 0 Å². The molecule has 1 aromatic carbocycles. The highest BCUT2D eigenvalue weighted by Gasteiger charge is 2.37. The van der Waals surface area contributed by atoms with E-state index in [4.69, 9.17) is 0 Å². The van der Waals surface area contributed by atoms with Crippen LogP contribution in [0.2, 0.25) is 0 Å². The standard InChI is InChI=1S/C15H17NO3/c1-4-9(2)12(17)8-16-13-10(3)6-5-7-11(13)14(18)15(16)19/h5-7,9H,4,8H2,1-3H3. The van der Waals surface area contributed by atoms with Gasteiger partial charge in [0.15, 0.2) is 5.78 Å². The Morgan fingerprint density at radius 3 is 2.63 bits per heavy atom. The molecule has 0 bridgehead atoms. The molecule has 0 aromatic heterocycles. The van der Waals surface area contributed by atoms with E-state index in [0.29, 0.717) is 11.3 Å². The third kappa shape index (κ3) is 2.18. The van der Waals surface area contributed by atoms with E-state index in [1.165, 1.54) is 4.90 Å². The van der Waals surface area contributed by atoms with Crippen LogP contribution < -0.4 is 4.90 Å². The van der Waals surface area contributed by atoms with E-state index < -0.39 is 11.7 Å². The van der Waals surface area contributed by atoms with E-state index in [0.717, 1.165) is 12.0 Å². The van der Waals surface area contributed by atoms with E-state index >= 15 is 0 Å². The Hall–Kier alpha value is -1.97. The highest BCUT2D eigenvalue weighted by atomic mass is 16.2. The Labute approximate surface area is 112 Å². The number of aryl methyl sites for hydroxylation is 1. The summed E-state index contributed by atoms with van der Waals surface area (Å²) in [7, 11) is 0. The minimum Gasteiger partial charge on any atom is -0.297 e.